The SMILES string of the molecule is CC1(COc2c(N3CCC(S(=O)(=O)NCc4ccccc4)CC3)cnn(-c3cccc(Cl)c3)c2=O)CC1. The van der Waals surface area contributed by atoms with Gasteiger partial charge in [0.2, 0.25) is 15.8 Å². The van der Waals surface area contributed by atoms with E-state index in [0.717, 1.165) is 18.4 Å². The standard InChI is InChI=1S/C27H31ClN4O4S/c1-27(12-13-27)19-36-25-24(18-29-32(26(25)33)22-9-5-8-21(28)16-22)31-14-10-23(11-15-31)37(34,35)30-17-20-6-3-2-4-7-20/h2-9,16,18,23,30H,10-15,17,19H2,1H3. The van der Waals surface area contributed by atoms with Crippen molar-refractivity contribution >= 4 is 27.3 Å². The summed E-state index contributed by atoms with van der Waals surface area (Å²) in [5.74, 6) is 0.242. The van der Waals surface area contributed by atoms with Crippen molar-refractivity contribution in [2.45, 2.75) is 44.4 Å². The molecule has 196 valence electrons. The minimum atomic E-state index is -3.48. The maximum atomic E-state index is 13.5. The molecule has 1 saturated carbocycles. The van der Waals surface area contributed by atoms with Gasteiger partial charge in [-0.25, -0.2) is 13.1 Å². The summed E-state index contributed by atoms with van der Waals surface area (Å²) in [5, 5.41) is 4.42. The van der Waals surface area contributed by atoms with Gasteiger partial charge >= 0.3 is 5.56 Å². The molecule has 0 bridgehead atoms. The van der Waals surface area contributed by atoms with Gasteiger partial charge in [-0.05, 0) is 49.4 Å². The van der Waals surface area contributed by atoms with Crippen molar-refractivity contribution < 1.29 is 13.2 Å². The van der Waals surface area contributed by atoms with Gasteiger partial charge in [0.25, 0.3) is 0 Å². The number of piperidine rings is 1. The molecule has 0 amide bonds. The molecular weight excluding hydrogens is 512 g/mol. The fourth-order valence-corrected chi connectivity index (χ4v) is 6.11. The minimum absolute atomic E-state index is 0.0827. The minimum Gasteiger partial charge on any atom is -0.486 e. The second-order valence-corrected chi connectivity index (χ2v) is 12.7. The Hall–Kier alpha value is -2.88. The van der Waals surface area contributed by atoms with Crippen LogP contribution in [-0.2, 0) is 16.6 Å². The normalized spacial score (nSPS) is 17.5. The maximum Gasteiger partial charge on any atom is 0.316 e. The number of benzene rings is 2. The van der Waals surface area contributed by atoms with E-state index < -0.39 is 15.3 Å². The first-order valence-electron chi connectivity index (χ1n) is 12.5. The Kier molecular flexibility index (Phi) is 7.29. The third-order valence-corrected chi connectivity index (χ3v) is 9.31. The zero-order chi connectivity index (χ0) is 26.0. The summed E-state index contributed by atoms with van der Waals surface area (Å²) < 4.78 is 36.1. The van der Waals surface area contributed by atoms with E-state index in [-0.39, 0.29) is 23.3 Å². The van der Waals surface area contributed by atoms with E-state index in [1.54, 1.807) is 30.5 Å². The second-order valence-electron chi connectivity index (χ2n) is 10.2. The molecule has 2 aliphatic rings. The summed E-state index contributed by atoms with van der Waals surface area (Å²) in [5.41, 5.74) is 1.80. The fraction of sp³-hybridized carbons (Fsp3) is 0.407. The largest absolute Gasteiger partial charge is 0.486 e. The molecule has 8 nitrogen and oxygen atoms in total. The van der Waals surface area contributed by atoms with Crippen LogP contribution in [0.1, 0.15) is 38.2 Å². The van der Waals surface area contributed by atoms with Crippen LogP contribution in [0.3, 0.4) is 0 Å². The molecular formula is C27H31ClN4O4S. The van der Waals surface area contributed by atoms with E-state index >= 15 is 0 Å². The summed E-state index contributed by atoms with van der Waals surface area (Å²) in [7, 11) is -3.48. The van der Waals surface area contributed by atoms with Crippen LogP contribution in [0, 0.1) is 5.41 Å². The number of anilines is 1. The molecule has 3 aromatic rings. The van der Waals surface area contributed by atoms with Crippen molar-refractivity contribution in [1.29, 1.82) is 0 Å². The van der Waals surface area contributed by atoms with E-state index in [9.17, 15) is 13.2 Å². The third kappa shape index (κ3) is 6.00. The molecule has 37 heavy (non-hydrogen) atoms. The van der Waals surface area contributed by atoms with Crippen LogP contribution in [0.5, 0.6) is 5.75 Å². The molecule has 0 radical (unpaired) electrons. The Labute approximate surface area is 222 Å². The number of ether oxygens (including phenoxy) is 1. The highest BCUT2D eigenvalue weighted by Crippen LogP contribution is 2.45. The highest BCUT2D eigenvalue weighted by molar-refractivity contribution is 7.90. The highest BCUT2D eigenvalue weighted by atomic mass is 35.5. The van der Waals surface area contributed by atoms with Gasteiger partial charge in [0, 0.05) is 30.1 Å². The van der Waals surface area contributed by atoms with E-state index in [1.165, 1.54) is 4.68 Å². The number of aromatic nitrogens is 2. The molecule has 1 N–H and O–H groups in total. The predicted molar refractivity (Wildman–Crippen MR) is 145 cm³/mol. The predicted octanol–water partition coefficient (Wildman–Crippen LogP) is 4.15. The molecule has 1 saturated heterocycles. The lowest BCUT2D eigenvalue weighted by Gasteiger charge is -2.34. The lowest BCUT2D eigenvalue weighted by molar-refractivity contribution is 0.243. The van der Waals surface area contributed by atoms with Crippen LogP contribution in [0.4, 0.5) is 5.69 Å². The molecule has 1 aliphatic carbocycles. The molecule has 1 aliphatic heterocycles. The van der Waals surface area contributed by atoms with Gasteiger partial charge in [-0.1, -0.05) is 54.9 Å². The van der Waals surface area contributed by atoms with Crippen LogP contribution in [0.15, 0.2) is 65.6 Å². The summed E-state index contributed by atoms with van der Waals surface area (Å²) in [6.07, 6.45) is 4.65. The van der Waals surface area contributed by atoms with Crippen LogP contribution >= 0.6 is 11.6 Å². The highest BCUT2D eigenvalue weighted by Gasteiger charge is 2.39. The number of nitrogens with one attached hydrogen (secondary N) is 1. The summed E-state index contributed by atoms with van der Waals surface area (Å²) in [6.45, 7) is 3.82. The zero-order valence-corrected chi connectivity index (χ0v) is 22.3. The first-order valence-corrected chi connectivity index (χ1v) is 14.4. The molecule has 2 heterocycles. The van der Waals surface area contributed by atoms with Crippen LogP contribution in [-0.4, -0.2) is 43.1 Å². The van der Waals surface area contributed by atoms with Crippen molar-refractivity contribution in [2.75, 3.05) is 24.6 Å². The van der Waals surface area contributed by atoms with Crippen LogP contribution < -0.4 is 19.9 Å². The first kappa shape index (κ1) is 25.8. The quantitative estimate of drug-likeness (QED) is 0.436. The van der Waals surface area contributed by atoms with Gasteiger partial charge in [-0.15, -0.1) is 0 Å². The summed E-state index contributed by atoms with van der Waals surface area (Å²) in [4.78, 5) is 15.5. The number of nitrogens with zero attached hydrogens (tertiary/aromatic N) is 3. The van der Waals surface area contributed by atoms with Crippen molar-refractivity contribution in [3.05, 3.63) is 81.7 Å². The second kappa shape index (κ2) is 10.5. The Bertz CT molecular complexity index is 1420. The first-order chi connectivity index (χ1) is 17.7. The average molecular weight is 543 g/mol. The molecule has 1 aromatic heterocycles. The lowest BCUT2D eigenvalue weighted by atomic mass is 10.1. The number of sulfonamides is 1. The lowest BCUT2D eigenvalue weighted by Crippen LogP contribution is -2.44. The average Bonchev–Trinajstić information content (AvgIpc) is 3.64. The molecule has 10 heteroatoms. The molecule has 0 unspecified atom stereocenters. The Morgan fingerprint density at radius 1 is 1.11 bits per heavy atom. The Morgan fingerprint density at radius 3 is 2.51 bits per heavy atom. The van der Waals surface area contributed by atoms with Gasteiger partial charge in [0.1, 0.15) is 5.69 Å². The number of hydrogen-bond donors (Lipinski definition) is 1. The van der Waals surface area contributed by atoms with E-state index in [1.807, 2.05) is 35.2 Å². The third-order valence-electron chi connectivity index (χ3n) is 7.18. The van der Waals surface area contributed by atoms with Gasteiger partial charge in [0.05, 0.1) is 23.7 Å². The molecule has 0 atom stereocenters. The van der Waals surface area contributed by atoms with Gasteiger partial charge in [-0.3, -0.25) is 4.79 Å². The van der Waals surface area contributed by atoms with Crippen LogP contribution in [0.25, 0.3) is 5.69 Å². The number of hydrogen-bond acceptors (Lipinski definition) is 6. The van der Waals surface area contributed by atoms with Gasteiger partial charge in [-0.2, -0.15) is 9.78 Å². The zero-order valence-electron chi connectivity index (χ0n) is 20.8. The maximum absolute atomic E-state index is 13.5. The molecule has 2 aromatic carbocycles. The van der Waals surface area contributed by atoms with Crippen molar-refractivity contribution in [1.82, 2.24) is 14.5 Å². The summed E-state index contributed by atoms with van der Waals surface area (Å²) >= 11 is 6.14. The van der Waals surface area contributed by atoms with E-state index in [4.69, 9.17) is 16.3 Å². The molecule has 5 rings (SSSR count). The molecule has 2 fully saturated rings. The van der Waals surface area contributed by atoms with Crippen molar-refractivity contribution in [3.8, 4) is 11.4 Å². The van der Waals surface area contributed by atoms with E-state index in [0.29, 0.717) is 48.9 Å². The Balaban J connectivity index is 1.33. The smallest absolute Gasteiger partial charge is 0.316 e. The summed E-state index contributed by atoms with van der Waals surface area (Å²) in [6, 6.07) is 16.4. The fourth-order valence-electron chi connectivity index (χ4n) is 4.49. The van der Waals surface area contributed by atoms with Crippen LogP contribution in [0.2, 0.25) is 5.02 Å². The monoisotopic (exact) mass is 542 g/mol. The van der Waals surface area contributed by atoms with E-state index in [2.05, 4.69) is 16.7 Å². The van der Waals surface area contributed by atoms with Gasteiger partial charge < -0.3 is 9.64 Å². The molecule has 0 spiro atoms. The topological polar surface area (TPSA) is 93.5 Å². The number of rotatable bonds is 9. The van der Waals surface area contributed by atoms with Gasteiger partial charge in [0.15, 0.2) is 0 Å². The Morgan fingerprint density at radius 2 is 1.84 bits per heavy atom. The van der Waals surface area contributed by atoms with Crippen molar-refractivity contribution in [2.24, 2.45) is 5.41 Å². The van der Waals surface area contributed by atoms with Crippen molar-refractivity contribution in [3.63, 3.8) is 0 Å². The number of halogens is 1.